The molecule has 2 heteroatoms. The van der Waals surface area contributed by atoms with E-state index in [9.17, 15) is 0 Å². The van der Waals surface area contributed by atoms with E-state index < -0.39 is 0 Å². The van der Waals surface area contributed by atoms with Crippen molar-refractivity contribution in [3.63, 3.8) is 0 Å². The molecule has 0 atom stereocenters. The fourth-order valence-corrected chi connectivity index (χ4v) is 2.97. The minimum absolute atomic E-state index is 0.980. The summed E-state index contributed by atoms with van der Waals surface area (Å²) in [6.07, 6.45) is 12.8. The number of nitrogens with one attached hydrogen (secondary N) is 1. The van der Waals surface area contributed by atoms with Crippen LogP contribution in [0.1, 0.15) is 64.7 Å². The van der Waals surface area contributed by atoms with E-state index in [0.717, 1.165) is 12.5 Å². The maximum absolute atomic E-state index is 3.57. The van der Waals surface area contributed by atoms with Gasteiger partial charge in [-0.2, -0.15) is 0 Å². The number of hydrogen-bond donors (Lipinski definition) is 1. The van der Waals surface area contributed by atoms with E-state index >= 15 is 0 Å². The van der Waals surface area contributed by atoms with Gasteiger partial charge in [0.25, 0.3) is 0 Å². The lowest BCUT2D eigenvalue weighted by Gasteiger charge is -2.27. The Labute approximate surface area is 115 Å². The number of rotatable bonds is 10. The lowest BCUT2D eigenvalue weighted by molar-refractivity contribution is 0.233. The van der Waals surface area contributed by atoms with Crippen LogP contribution in [0.25, 0.3) is 0 Å². The van der Waals surface area contributed by atoms with Crippen LogP contribution < -0.4 is 5.32 Å². The molecule has 0 spiro atoms. The van der Waals surface area contributed by atoms with Gasteiger partial charge in [0.05, 0.1) is 0 Å². The Hall–Kier alpha value is -0.0800. The van der Waals surface area contributed by atoms with E-state index in [2.05, 4.69) is 24.2 Å². The van der Waals surface area contributed by atoms with Gasteiger partial charge in [0.15, 0.2) is 0 Å². The van der Waals surface area contributed by atoms with Crippen molar-refractivity contribution >= 4 is 0 Å². The summed E-state index contributed by atoms with van der Waals surface area (Å²) in [4.78, 5) is 2.52. The van der Waals surface area contributed by atoms with Crippen LogP contribution in [0.15, 0.2) is 0 Å². The van der Waals surface area contributed by atoms with E-state index in [1.165, 1.54) is 77.4 Å². The van der Waals surface area contributed by atoms with Gasteiger partial charge in [-0.25, -0.2) is 0 Å². The maximum atomic E-state index is 3.57. The molecule has 1 N–H and O–H groups in total. The van der Waals surface area contributed by atoms with Crippen LogP contribution in [0.4, 0.5) is 0 Å². The quantitative estimate of drug-likeness (QED) is 0.598. The van der Waals surface area contributed by atoms with Gasteiger partial charge in [0.2, 0.25) is 0 Å². The number of hydrogen-bond acceptors (Lipinski definition) is 2. The van der Waals surface area contributed by atoms with Gasteiger partial charge >= 0.3 is 0 Å². The summed E-state index contributed by atoms with van der Waals surface area (Å²) in [5.74, 6) is 0.980. The van der Waals surface area contributed by atoms with Crippen molar-refractivity contribution in [2.45, 2.75) is 64.7 Å². The van der Waals surface area contributed by atoms with Crippen LogP contribution in [0.3, 0.4) is 0 Å². The molecule has 0 bridgehead atoms. The second-order valence-electron chi connectivity index (χ2n) is 6.08. The molecule has 2 nitrogen and oxygen atoms in total. The van der Waals surface area contributed by atoms with Crippen molar-refractivity contribution in [3.05, 3.63) is 0 Å². The normalized spacial score (nSPS) is 17.5. The Morgan fingerprint density at radius 2 is 1.78 bits per heavy atom. The standard InChI is InChI=1S/C16H34N2/c1-3-4-5-9-12-17-13-14-18(2)15-16-10-7-6-8-11-16/h16-17H,3-15H2,1-2H3. The molecular formula is C16H34N2. The van der Waals surface area contributed by atoms with Gasteiger partial charge < -0.3 is 10.2 Å². The average Bonchev–Trinajstić information content (AvgIpc) is 2.39. The minimum Gasteiger partial charge on any atom is -0.315 e. The van der Waals surface area contributed by atoms with Gasteiger partial charge in [-0.15, -0.1) is 0 Å². The highest BCUT2D eigenvalue weighted by Gasteiger charge is 2.14. The Kier molecular flexibility index (Phi) is 9.59. The summed E-state index contributed by atoms with van der Waals surface area (Å²) in [6.45, 7) is 7.17. The predicted molar refractivity (Wildman–Crippen MR) is 81.1 cm³/mol. The largest absolute Gasteiger partial charge is 0.315 e. The molecule has 1 fully saturated rings. The third kappa shape index (κ3) is 8.10. The summed E-state index contributed by atoms with van der Waals surface area (Å²) < 4.78 is 0. The molecule has 1 rings (SSSR count). The van der Waals surface area contributed by atoms with Crippen molar-refractivity contribution < 1.29 is 0 Å². The Bertz CT molecular complexity index is 176. The van der Waals surface area contributed by atoms with Crippen LogP contribution in [-0.4, -0.2) is 38.1 Å². The third-order valence-corrected chi connectivity index (χ3v) is 4.17. The average molecular weight is 254 g/mol. The summed E-state index contributed by atoms with van der Waals surface area (Å²) in [7, 11) is 2.29. The molecule has 0 unspecified atom stereocenters. The first kappa shape index (κ1) is 16.0. The smallest absolute Gasteiger partial charge is 0.0104 e. The molecule has 0 aliphatic heterocycles. The number of unbranched alkanes of at least 4 members (excludes halogenated alkanes) is 3. The van der Waals surface area contributed by atoms with Crippen molar-refractivity contribution in [3.8, 4) is 0 Å². The summed E-state index contributed by atoms with van der Waals surface area (Å²) in [5, 5.41) is 3.57. The van der Waals surface area contributed by atoms with Crippen LogP contribution in [0.2, 0.25) is 0 Å². The second-order valence-corrected chi connectivity index (χ2v) is 6.08. The molecule has 0 heterocycles. The van der Waals surface area contributed by atoms with E-state index in [-0.39, 0.29) is 0 Å². The molecule has 0 aromatic carbocycles. The lowest BCUT2D eigenvalue weighted by Crippen LogP contribution is -2.33. The van der Waals surface area contributed by atoms with Gasteiger partial charge in [0, 0.05) is 19.6 Å². The first-order chi connectivity index (χ1) is 8.83. The molecular weight excluding hydrogens is 220 g/mol. The molecule has 0 saturated heterocycles. The molecule has 18 heavy (non-hydrogen) atoms. The van der Waals surface area contributed by atoms with E-state index in [0.29, 0.717) is 0 Å². The Balaban J connectivity index is 1.88. The monoisotopic (exact) mass is 254 g/mol. The lowest BCUT2D eigenvalue weighted by atomic mass is 9.89. The third-order valence-electron chi connectivity index (χ3n) is 4.17. The first-order valence-electron chi connectivity index (χ1n) is 8.22. The first-order valence-corrected chi connectivity index (χ1v) is 8.22. The molecule has 1 saturated carbocycles. The van der Waals surface area contributed by atoms with Crippen molar-refractivity contribution in [1.29, 1.82) is 0 Å². The summed E-state index contributed by atoms with van der Waals surface area (Å²) in [5.41, 5.74) is 0. The second kappa shape index (κ2) is 10.8. The zero-order chi connectivity index (χ0) is 13.1. The number of nitrogens with zero attached hydrogens (tertiary/aromatic N) is 1. The van der Waals surface area contributed by atoms with Crippen LogP contribution in [-0.2, 0) is 0 Å². The van der Waals surface area contributed by atoms with Crippen LogP contribution in [0.5, 0.6) is 0 Å². The highest BCUT2D eigenvalue weighted by Crippen LogP contribution is 2.23. The van der Waals surface area contributed by atoms with Gasteiger partial charge in [0.1, 0.15) is 0 Å². The zero-order valence-corrected chi connectivity index (χ0v) is 12.7. The molecule has 0 radical (unpaired) electrons. The summed E-state index contributed by atoms with van der Waals surface area (Å²) in [6, 6.07) is 0. The van der Waals surface area contributed by atoms with Crippen molar-refractivity contribution in [1.82, 2.24) is 10.2 Å². The van der Waals surface area contributed by atoms with Crippen molar-refractivity contribution in [2.24, 2.45) is 5.92 Å². The summed E-state index contributed by atoms with van der Waals surface area (Å²) >= 11 is 0. The fraction of sp³-hybridized carbons (Fsp3) is 1.00. The van der Waals surface area contributed by atoms with E-state index in [1.54, 1.807) is 0 Å². The SMILES string of the molecule is CCCCCCNCCN(C)CC1CCCCC1. The minimum atomic E-state index is 0.980. The predicted octanol–water partition coefficient (Wildman–Crippen LogP) is 3.67. The zero-order valence-electron chi connectivity index (χ0n) is 12.7. The van der Waals surface area contributed by atoms with E-state index in [4.69, 9.17) is 0 Å². The number of likely N-dealkylation sites (N-methyl/N-ethyl adjacent to an activating group) is 1. The Morgan fingerprint density at radius 3 is 2.50 bits per heavy atom. The van der Waals surface area contributed by atoms with Gasteiger partial charge in [-0.1, -0.05) is 45.4 Å². The molecule has 108 valence electrons. The highest BCUT2D eigenvalue weighted by molar-refractivity contribution is 4.69. The van der Waals surface area contributed by atoms with Gasteiger partial charge in [-0.3, -0.25) is 0 Å². The van der Waals surface area contributed by atoms with Gasteiger partial charge in [-0.05, 0) is 38.8 Å². The van der Waals surface area contributed by atoms with E-state index in [1.807, 2.05) is 0 Å². The van der Waals surface area contributed by atoms with Crippen LogP contribution in [0, 0.1) is 5.92 Å². The molecule has 1 aliphatic rings. The van der Waals surface area contributed by atoms with Crippen molar-refractivity contribution in [2.75, 3.05) is 33.2 Å². The molecule has 0 aromatic heterocycles. The topological polar surface area (TPSA) is 15.3 Å². The highest BCUT2D eigenvalue weighted by atomic mass is 15.1. The Morgan fingerprint density at radius 1 is 1.00 bits per heavy atom. The maximum Gasteiger partial charge on any atom is 0.0104 e. The van der Waals surface area contributed by atoms with Crippen LogP contribution >= 0.6 is 0 Å². The fourth-order valence-electron chi connectivity index (χ4n) is 2.97. The molecule has 0 amide bonds. The molecule has 0 aromatic rings. The molecule has 1 aliphatic carbocycles.